The topological polar surface area (TPSA) is 77.1 Å². The number of hydrogen-bond acceptors (Lipinski definition) is 5. The Bertz CT molecular complexity index is 946. The highest BCUT2D eigenvalue weighted by Gasteiger charge is 2.41. The number of hydrogen-bond donors (Lipinski definition) is 1. The number of likely N-dealkylation sites (tertiary alicyclic amines) is 1. The highest BCUT2D eigenvalue weighted by molar-refractivity contribution is 5.95. The standard InChI is InChI=1S/C25H32N2O5/c1-5-6-12-26-24(28)22-16-27(25(29)17-8-7-9-18(13-17)30-2)15-21(22)20-14-19(31-3)10-11-23(20)32-4/h7-11,13-14,21-22H,5-6,12,15-16H2,1-4H3,(H,26,28). The van der Waals surface area contributed by atoms with Crippen LogP contribution in [0.1, 0.15) is 41.6 Å². The molecule has 7 heteroatoms. The second kappa shape index (κ2) is 10.9. The van der Waals surface area contributed by atoms with Crippen molar-refractivity contribution < 1.29 is 23.8 Å². The van der Waals surface area contributed by atoms with Gasteiger partial charge in [0.15, 0.2) is 0 Å². The molecule has 2 atom stereocenters. The molecule has 1 N–H and O–H groups in total. The van der Waals surface area contributed by atoms with E-state index in [1.54, 1.807) is 50.5 Å². The first kappa shape index (κ1) is 23.4. The van der Waals surface area contributed by atoms with Gasteiger partial charge in [-0.2, -0.15) is 0 Å². The lowest BCUT2D eigenvalue weighted by Gasteiger charge is -2.21. The molecule has 2 unspecified atom stereocenters. The molecule has 0 saturated carbocycles. The lowest BCUT2D eigenvalue weighted by molar-refractivity contribution is -0.124. The van der Waals surface area contributed by atoms with Gasteiger partial charge in [0.05, 0.1) is 27.2 Å². The molecule has 0 aromatic heterocycles. The second-order valence-corrected chi connectivity index (χ2v) is 7.91. The fraction of sp³-hybridized carbons (Fsp3) is 0.440. The maximum atomic E-state index is 13.3. The summed E-state index contributed by atoms with van der Waals surface area (Å²) in [6.07, 6.45) is 1.91. The summed E-state index contributed by atoms with van der Waals surface area (Å²) in [5.41, 5.74) is 1.40. The number of nitrogens with zero attached hydrogens (tertiary/aromatic N) is 1. The van der Waals surface area contributed by atoms with E-state index >= 15 is 0 Å². The van der Waals surface area contributed by atoms with Crippen molar-refractivity contribution in [2.24, 2.45) is 5.92 Å². The Balaban J connectivity index is 1.92. The van der Waals surface area contributed by atoms with Crippen molar-refractivity contribution in [1.82, 2.24) is 10.2 Å². The Morgan fingerprint density at radius 2 is 1.75 bits per heavy atom. The van der Waals surface area contributed by atoms with Gasteiger partial charge in [-0.3, -0.25) is 9.59 Å². The number of nitrogens with one attached hydrogen (secondary N) is 1. The van der Waals surface area contributed by atoms with E-state index in [1.165, 1.54) is 0 Å². The van der Waals surface area contributed by atoms with Crippen LogP contribution < -0.4 is 19.5 Å². The van der Waals surface area contributed by atoms with Gasteiger partial charge in [0, 0.05) is 36.7 Å². The fourth-order valence-corrected chi connectivity index (χ4v) is 4.14. The van der Waals surface area contributed by atoms with Gasteiger partial charge < -0.3 is 24.4 Å². The summed E-state index contributed by atoms with van der Waals surface area (Å²) in [5.74, 6) is 1.21. The van der Waals surface area contributed by atoms with Crippen LogP contribution in [-0.4, -0.2) is 57.7 Å². The molecule has 1 aliphatic heterocycles. The van der Waals surface area contributed by atoms with Crippen LogP contribution in [0, 0.1) is 5.92 Å². The molecule has 1 fully saturated rings. The van der Waals surface area contributed by atoms with Gasteiger partial charge in [0.25, 0.3) is 5.91 Å². The van der Waals surface area contributed by atoms with Crippen LogP contribution >= 0.6 is 0 Å². The van der Waals surface area contributed by atoms with E-state index in [4.69, 9.17) is 14.2 Å². The second-order valence-electron chi connectivity index (χ2n) is 7.91. The Hall–Kier alpha value is -3.22. The van der Waals surface area contributed by atoms with Crippen molar-refractivity contribution in [2.45, 2.75) is 25.7 Å². The highest BCUT2D eigenvalue weighted by atomic mass is 16.5. The van der Waals surface area contributed by atoms with E-state index in [9.17, 15) is 9.59 Å². The van der Waals surface area contributed by atoms with Crippen molar-refractivity contribution in [3.8, 4) is 17.2 Å². The predicted molar refractivity (Wildman–Crippen MR) is 123 cm³/mol. The Morgan fingerprint density at radius 3 is 2.44 bits per heavy atom. The third-order valence-corrected chi connectivity index (χ3v) is 5.93. The molecule has 7 nitrogen and oxygen atoms in total. The van der Waals surface area contributed by atoms with Gasteiger partial charge in [-0.1, -0.05) is 19.4 Å². The van der Waals surface area contributed by atoms with E-state index in [2.05, 4.69) is 12.2 Å². The molecular formula is C25H32N2O5. The van der Waals surface area contributed by atoms with Crippen LogP contribution in [0.15, 0.2) is 42.5 Å². The fourth-order valence-electron chi connectivity index (χ4n) is 4.14. The zero-order valence-electron chi connectivity index (χ0n) is 19.2. The first-order valence-electron chi connectivity index (χ1n) is 10.9. The maximum absolute atomic E-state index is 13.3. The smallest absolute Gasteiger partial charge is 0.254 e. The molecule has 1 heterocycles. The Labute approximate surface area is 189 Å². The van der Waals surface area contributed by atoms with Crippen LogP contribution in [0.25, 0.3) is 0 Å². The lowest BCUT2D eigenvalue weighted by atomic mass is 9.87. The molecule has 2 amide bonds. The molecule has 2 aromatic carbocycles. The van der Waals surface area contributed by atoms with Crippen molar-refractivity contribution in [1.29, 1.82) is 0 Å². The normalized spacial score (nSPS) is 17.7. The highest BCUT2D eigenvalue weighted by Crippen LogP contribution is 2.40. The molecule has 0 aliphatic carbocycles. The molecule has 3 rings (SSSR count). The quantitative estimate of drug-likeness (QED) is 0.604. The van der Waals surface area contributed by atoms with E-state index in [0.29, 0.717) is 42.4 Å². The van der Waals surface area contributed by atoms with E-state index in [-0.39, 0.29) is 23.7 Å². The summed E-state index contributed by atoms with van der Waals surface area (Å²) in [4.78, 5) is 28.1. The number of methoxy groups -OCH3 is 3. The van der Waals surface area contributed by atoms with Crippen molar-refractivity contribution >= 4 is 11.8 Å². The van der Waals surface area contributed by atoms with Crippen LogP contribution in [0.4, 0.5) is 0 Å². The molecule has 172 valence electrons. The zero-order valence-corrected chi connectivity index (χ0v) is 19.2. The summed E-state index contributed by atoms with van der Waals surface area (Å²) in [6, 6.07) is 12.6. The first-order valence-corrected chi connectivity index (χ1v) is 10.9. The minimum absolute atomic E-state index is 0.0470. The maximum Gasteiger partial charge on any atom is 0.254 e. The van der Waals surface area contributed by atoms with Gasteiger partial charge in [-0.05, 0) is 42.8 Å². The van der Waals surface area contributed by atoms with E-state index in [0.717, 1.165) is 18.4 Å². The summed E-state index contributed by atoms with van der Waals surface area (Å²) >= 11 is 0. The number of rotatable bonds is 9. The molecule has 1 aliphatic rings. The van der Waals surface area contributed by atoms with Gasteiger partial charge in [-0.25, -0.2) is 0 Å². The van der Waals surface area contributed by atoms with E-state index < -0.39 is 0 Å². The number of carbonyl (C=O) groups excluding carboxylic acids is 2. The monoisotopic (exact) mass is 440 g/mol. The SMILES string of the molecule is CCCCNC(=O)C1CN(C(=O)c2cccc(OC)c2)CC1c1cc(OC)ccc1OC. The molecule has 0 radical (unpaired) electrons. The first-order chi connectivity index (χ1) is 15.5. The summed E-state index contributed by atoms with van der Waals surface area (Å²) < 4.78 is 16.3. The third-order valence-electron chi connectivity index (χ3n) is 5.93. The van der Waals surface area contributed by atoms with Crippen LogP contribution in [0.5, 0.6) is 17.2 Å². The van der Waals surface area contributed by atoms with Gasteiger partial charge in [-0.15, -0.1) is 0 Å². The van der Waals surface area contributed by atoms with Crippen molar-refractivity contribution in [3.05, 3.63) is 53.6 Å². The Morgan fingerprint density at radius 1 is 1.00 bits per heavy atom. The molecule has 0 spiro atoms. The minimum atomic E-state index is -0.387. The lowest BCUT2D eigenvalue weighted by Crippen LogP contribution is -2.36. The molecule has 2 aromatic rings. The largest absolute Gasteiger partial charge is 0.497 e. The van der Waals surface area contributed by atoms with Crippen LogP contribution in [0.3, 0.4) is 0 Å². The number of benzene rings is 2. The van der Waals surface area contributed by atoms with Crippen LogP contribution in [0.2, 0.25) is 0 Å². The molecule has 0 bridgehead atoms. The number of carbonyl (C=O) groups is 2. The van der Waals surface area contributed by atoms with Gasteiger partial charge >= 0.3 is 0 Å². The summed E-state index contributed by atoms with van der Waals surface area (Å²) in [7, 11) is 4.78. The van der Waals surface area contributed by atoms with E-state index in [1.807, 2.05) is 18.2 Å². The predicted octanol–water partition coefficient (Wildman–Crippen LogP) is 3.48. The van der Waals surface area contributed by atoms with Crippen LogP contribution in [-0.2, 0) is 4.79 Å². The third kappa shape index (κ3) is 5.15. The Kier molecular flexibility index (Phi) is 7.98. The number of ether oxygens (including phenoxy) is 3. The minimum Gasteiger partial charge on any atom is -0.497 e. The summed E-state index contributed by atoms with van der Waals surface area (Å²) in [6.45, 7) is 3.45. The summed E-state index contributed by atoms with van der Waals surface area (Å²) in [5, 5.41) is 3.04. The average Bonchev–Trinajstić information content (AvgIpc) is 3.28. The van der Waals surface area contributed by atoms with Gasteiger partial charge in [0.2, 0.25) is 5.91 Å². The average molecular weight is 441 g/mol. The van der Waals surface area contributed by atoms with Crippen molar-refractivity contribution in [3.63, 3.8) is 0 Å². The molecular weight excluding hydrogens is 408 g/mol. The van der Waals surface area contributed by atoms with Crippen molar-refractivity contribution in [2.75, 3.05) is 41.0 Å². The number of unbranched alkanes of at least 4 members (excludes halogenated alkanes) is 1. The van der Waals surface area contributed by atoms with Gasteiger partial charge in [0.1, 0.15) is 17.2 Å². The zero-order chi connectivity index (χ0) is 23.1. The number of amides is 2. The molecule has 32 heavy (non-hydrogen) atoms. The molecule has 1 saturated heterocycles.